The molecule has 2 rings (SSSR count). The van der Waals surface area contributed by atoms with Gasteiger partial charge in [0.25, 0.3) is 0 Å². The molecule has 186 valence electrons. The molecule has 2 heterocycles. The smallest absolute Gasteiger partial charge is 0.397 e. The Morgan fingerprint density at radius 3 is 2.19 bits per heavy atom. The molecule has 8 N–H and O–H groups in total. The topological polar surface area (TPSA) is 279 Å². The maximum Gasteiger partial charge on any atom is 0.397 e. The van der Waals surface area contributed by atoms with Crippen LogP contribution in [0.1, 0.15) is 0 Å². The number of nitrogens with two attached hydrogens (primary N) is 1. The van der Waals surface area contributed by atoms with Crippen molar-refractivity contribution in [2.45, 2.75) is 49.0 Å². The Labute approximate surface area is 180 Å². The van der Waals surface area contributed by atoms with Gasteiger partial charge < -0.3 is 40.4 Å². The second kappa shape index (κ2) is 10.2. The normalized spacial score (nSPS) is 36.2. The third-order valence-corrected chi connectivity index (χ3v) is 5.22. The van der Waals surface area contributed by atoms with Crippen LogP contribution >= 0.6 is 0 Å². The predicted octanol–water partition coefficient (Wildman–Crippen LogP) is -4.49. The number of aliphatic carboxylic acids is 1. The third kappa shape index (κ3) is 7.26. The van der Waals surface area contributed by atoms with E-state index in [-0.39, 0.29) is 0 Å². The summed E-state index contributed by atoms with van der Waals surface area (Å²) in [6.45, 7) is -1.87. The number of carboxylic acids is 1. The Morgan fingerprint density at radius 2 is 1.66 bits per heavy atom. The number of aliphatic hydroxyl groups is 3. The standard InChI is InChI=1S/C13H21NO16S2/c14-8-11(26-2-6-9(16)4(15)1-5(28-6)12(17)18)10(30-32(23,24)25)7(29-13(8)19)3-27-31(20,21)22/h1,4,6-11,13,15-16,19H,2-3,14H2,(H,17,18)(H,20,21,22)(H,23,24,25)/t4-,6-,7+,8+,9+,10-,11+,13?/m0/s1. The van der Waals surface area contributed by atoms with E-state index in [1.54, 1.807) is 0 Å². The van der Waals surface area contributed by atoms with E-state index >= 15 is 0 Å². The highest BCUT2D eigenvalue weighted by Gasteiger charge is 2.48. The molecule has 1 unspecified atom stereocenters. The minimum absolute atomic E-state index is 0.723. The van der Waals surface area contributed by atoms with Crippen molar-refractivity contribution in [3.8, 4) is 0 Å². The van der Waals surface area contributed by atoms with Crippen LogP contribution in [0.3, 0.4) is 0 Å². The highest BCUT2D eigenvalue weighted by molar-refractivity contribution is 7.81. The fourth-order valence-corrected chi connectivity index (χ4v) is 3.72. The summed E-state index contributed by atoms with van der Waals surface area (Å²) in [6, 6.07) is -1.59. The lowest BCUT2D eigenvalue weighted by Gasteiger charge is -2.42. The Morgan fingerprint density at radius 1 is 1.03 bits per heavy atom. The van der Waals surface area contributed by atoms with Crippen LogP contribution in [-0.2, 0) is 48.2 Å². The van der Waals surface area contributed by atoms with Crippen LogP contribution in [-0.4, -0.2) is 115 Å². The molecule has 0 aromatic heterocycles. The van der Waals surface area contributed by atoms with E-state index in [9.17, 15) is 36.9 Å². The van der Waals surface area contributed by atoms with Crippen molar-refractivity contribution in [2.24, 2.45) is 5.73 Å². The molecule has 0 bridgehead atoms. The van der Waals surface area contributed by atoms with Gasteiger partial charge in [-0.2, -0.15) is 16.8 Å². The number of carbonyl (C=O) groups is 1. The largest absolute Gasteiger partial charge is 0.478 e. The zero-order chi connectivity index (χ0) is 24.4. The minimum Gasteiger partial charge on any atom is -0.478 e. The molecule has 1 saturated heterocycles. The SMILES string of the molecule is N[C@H]1C(O)O[C@H](COS(=O)(=O)O)[C@H](OS(=O)(=O)O)[C@@H]1OC[C@@H]1OC(C(=O)O)=C[C@H](O)[C@H]1O. The van der Waals surface area contributed by atoms with Gasteiger partial charge in [0, 0.05) is 0 Å². The lowest BCUT2D eigenvalue weighted by Crippen LogP contribution is -2.64. The maximum absolute atomic E-state index is 11.2. The molecular weight excluding hydrogens is 490 g/mol. The molecule has 8 atom stereocenters. The van der Waals surface area contributed by atoms with Crippen molar-refractivity contribution in [1.82, 2.24) is 0 Å². The summed E-state index contributed by atoms with van der Waals surface area (Å²) < 4.78 is 85.5. The van der Waals surface area contributed by atoms with Gasteiger partial charge in [-0.3, -0.25) is 9.11 Å². The monoisotopic (exact) mass is 511 g/mol. The number of carboxylic acid groups (broad SMARTS) is 1. The van der Waals surface area contributed by atoms with Gasteiger partial charge in [0.1, 0.15) is 30.5 Å². The van der Waals surface area contributed by atoms with Crippen LogP contribution in [0.15, 0.2) is 11.8 Å². The van der Waals surface area contributed by atoms with Crippen LogP contribution in [0, 0.1) is 0 Å². The van der Waals surface area contributed by atoms with E-state index in [4.69, 9.17) is 34.2 Å². The molecule has 2 aliphatic heterocycles. The summed E-state index contributed by atoms with van der Waals surface area (Å²) in [4.78, 5) is 11.1. The first kappa shape index (κ1) is 26.8. The van der Waals surface area contributed by atoms with Gasteiger partial charge in [0.15, 0.2) is 12.4 Å². The maximum atomic E-state index is 11.2. The van der Waals surface area contributed by atoms with Crippen molar-refractivity contribution in [1.29, 1.82) is 0 Å². The van der Waals surface area contributed by atoms with Crippen LogP contribution in [0.25, 0.3) is 0 Å². The molecular formula is C13H21NO16S2. The van der Waals surface area contributed by atoms with Gasteiger partial charge in [-0.15, -0.1) is 0 Å². The van der Waals surface area contributed by atoms with Gasteiger partial charge >= 0.3 is 26.8 Å². The van der Waals surface area contributed by atoms with E-state index in [1.165, 1.54) is 0 Å². The van der Waals surface area contributed by atoms with E-state index in [0.717, 1.165) is 6.08 Å². The molecule has 19 heteroatoms. The van der Waals surface area contributed by atoms with Crippen LogP contribution in [0.4, 0.5) is 0 Å². The molecule has 0 aromatic rings. The predicted molar refractivity (Wildman–Crippen MR) is 95.1 cm³/mol. The Bertz CT molecular complexity index is 918. The average Bonchev–Trinajstić information content (AvgIpc) is 2.64. The Kier molecular flexibility index (Phi) is 8.52. The molecule has 0 saturated carbocycles. The van der Waals surface area contributed by atoms with Gasteiger partial charge in [0.05, 0.1) is 19.3 Å². The summed E-state index contributed by atoms with van der Waals surface area (Å²) in [5.74, 6) is -2.30. The highest BCUT2D eigenvalue weighted by atomic mass is 32.3. The molecule has 0 spiro atoms. The summed E-state index contributed by atoms with van der Waals surface area (Å²) in [5.41, 5.74) is 5.71. The second-order valence-electron chi connectivity index (χ2n) is 6.61. The van der Waals surface area contributed by atoms with E-state index in [1.807, 2.05) is 0 Å². The minimum atomic E-state index is -5.24. The van der Waals surface area contributed by atoms with Gasteiger partial charge in [-0.05, 0) is 6.08 Å². The fraction of sp³-hybridized carbons (Fsp3) is 0.769. The molecule has 0 aliphatic carbocycles. The zero-order valence-corrected chi connectivity index (χ0v) is 17.4. The van der Waals surface area contributed by atoms with Crippen molar-refractivity contribution < 1.29 is 73.7 Å². The number of aliphatic hydroxyl groups excluding tert-OH is 3. The molecule has 2 aliphatic rings. The first-order valence-electron chi connectivity index (χ1n) is 8.55. The van der Waals surface area contributed by atoms with Crippen LogP contribution < -0.4 is 5.73 Å². The number of hydrogen-bond donors (Lipinski definition) is 7. The van der Waals surface area contributed by atoms with Crippen molar-refractivity contribution >= 4 is 26.8 Å². The van der Waals surface area contributed by atoms with Crippen molar-refractivity contribution in [2.75, 3.05) is 13.2 Å². The zero-order valence-electron chi connectivity index (χ0n) is 15.8. The molecule has 0 aromatic carbocycles. The summed E-state index contributed by atoms with van der Waals surface area (Å²) in [6.07, 6.45) is -11.6. The fourth-order valence-electron chi connectivity index (χ4n) is 2.90. The summed E-state index contributed by atoms with van der Waals surface area (Å²) in [7, 11) is -10.3. The van der Waals surface area contributed by atoms with E-state index < -0.39 is 94.7 Å². The molecule has 0 radical (unpaired) electrons. The van der Waals surface area contributed by atoms with Crippen molar-refractivity contribution in [3.63, 3.8) is 0 Å². The lowest BCUT2D eigenvalue weighted by molar-refractivity contribution is -0.255. The molecule has 17 nitrogen and oxygen atoms in total. The summed E-state index contributed by atoms with van der Waals surface area (Å²) in [5, 5.41) is 38.7. The van der Waals surface area contributed by atoms with Crippen LogP contribution in [0.2, 0.25) is 0 Å². The van der Waals surface area contributed by atoms with E-state index in [2.05, 4.69) is 8.37 Å². The Balaban J connectivity index is 2.24. The quantitative estimate of drug-likeness (QED) is 0.144. The first-order valence-corrected chi connectivity index (χ1v) is 11.3. The third-order valence-electron chi connectivity index (χ3n) is 4.32. The summed E-state index contributed by atoms with van der Waals surface area (Å²) >= 11 is 0. The molecule has 32 heavy (non-hydrogen) atoms. The number of rotatable bonds is 9. The van der Waals surface area contributed by atoms with Gasteiger partial charge in [-0.25, -0.2) is 13.2 Å². The first-order chi connectivity index (χ1) is 14.6. The van der Waals surface area contributed by atoms with Crippen molar-refractivity contribution in [3.05, 3.63) is 11.8 Å². The van der Waals surface area contributed by atoms with E-state index in [0.29, 0.717) is 0 Å². The van der Waals surface area contributed by atoms with Gasteiger partial charge in [0.2, 0.25) is 5.76 Å². The van der Waals surface area contributed by atoms with Crippen LogP contribution in [0.5, 0.6) is 0 Å². The van der Waals surface area contributed by atoms with Gasteiger partial charge in [-0.1, -0.05) is 0 Å². The lowest BCUT2D eigenvalue weighted by atomic mass is 9.97. The average molecular weight is 511 g/mol. The molecule has 0 amide bonds. The molecule has 1 fully saturated rings. The number of hydrogen-bond acceptors (Lipinski definition) is 14. The number of ether oxygens (including phenoxy) is 3. The second-order valence-corrected chi connectivity index (χ2v) is 8.75. The highest BCUT2D eigenvalue weighted by Crippen LogP contribution is 2.27. The Hall–Kier alpha value is -1.49.